The highest BCUT2D eigenvalue weighted by atomic mass is 16.5. The van der Waals surface area contributed by atoms with Crippen molar-refractivity contribution in [3.05, 3.63) is 0 Å². The summed E-state index contributed by atoms with van der Waals surface area (Å²) in [4.78, 5) is 24.6. The third-order valence-electron chi connectivity index (χ3n) is 5.48. The molecule has 2 fully saturated rings. The van der Waals surface area contributed by atoms with E-state index in [-0.39, 0.29) is 23.1 Å². The number of methoxy groups -OCH3 is 1. The van der Waals surface area contributed by atoms with E-state index in [1.807, 2.05) is 0 Å². The monoisotopic (exact) mass is 339 g/mol. The summed E-state index contributed by atoms with van der Waals surface area (Å²) in [6.45, 7) is 4.92. The van der Waals surface area contributed by atoms with Crippen LogP contribution in [0.25, 0.3) is 0 Å². The van der Waals surface area contributed by atoms with Crippen molar-refractivity contribution in [2.75, 3.05) is 33.4 Å². The van der Waals surface area contributed by atoms with Crippen molar-refractivity contribution in [2.24, 2.45) is 11.3 Å². The zero-order chi connectivity index (χ0) is 17.4. The minimum atomic E-state index is -0.485. The standard InChI is InChI=1S/C18H33N3O3/c1-14(21-17(23)15-6-4-3-5-7-15)16(22)20-12-18(13-24-2)8-10-19-11-9-18/h14-15,19H,3-13H2,1-2H3,(H,20,22)(H,21,23)/t14-/m0/s1. The molecule has 0 aromatic heterocycles. The number of carbonyl (C=O) groups is 2. The first-order valence-electron chi connectivity index (χ1n) is 9.34. The fourth-order valence-corrected chi connectivity index (χ4v) is 3.82. The van der Waals surface area contributed by atoms with Gasteiger partial charge >= 0.3 is 0 Å². The third-order valence-corrected chi connectivity index (χ3v) is 5.48. The summed E-state index contributed by atoms with van der Waals surface area (Å²) in [6, 6.07) is -0.485. The van der Waals surface area contributed by atoms with E-state index in [2.05, 4.69) is 16.0 Å². The number of carbonyl (C=O) groups excluding carboxylic acids is 2. The summed E-state index contributed by atoms with van der Waals surface area (Å²) < 4.78 is 5.37. The summed E-state index contributed by atoms with van der Waals surface area (Å²) in [6.07, 6.45) is 7.33. The Morgan fingerprint density at radius 2 is 1.88 bits per heavy atom. The molecule has 0 spiro atoms. The van der Waals surface area contributed by atoms with Gasteiger partial charge in [0.05, 0.1) is 6.61 Å². The number of ether oxygens (including phenoxy) is 1. The molecule has 1 aliphatic carbocycles. The molecule has 0 unspecified atom stereocenters. The van der Waals surface area contributed by atoms with Crippen LogP contribution in [-0.2, 0) is 14.3 Å². The van der Waals surface area contributed by atoms with Crippen LogP contribution in [0.4, 0.5) is 0 Å². The van der Waals surface area contributed by atoms with E-state index in [1.165, 1.54) is 6.42 Å². The Morgan fingerprint density at radius 3 is 2.50 bits per heavy atom. The lowest BCUT2D eigenvalue weighted by atomic mass is 9.79. The molecule has 6 heteroatoms. The number of hydrogen-bond donors (Lipinski definition) is 3. The van der Waals surface area contributed by atoms with Gasteiger partial charge in [-0.2, -0.15) is 0 Å². The van der Waals surface area contributed by atoms with Crippen molar-refractivity contribution in [3.8, 4) is 0 Å². The van der Waals surface area contributed by atoms with Gasteiger partial charge in [-0.15, -0.1) is 0 Å². The minimum absolute atomic E-state index is 0.00274. The zero-order valence-electron chi connectivity index (χ0n) is 15.2. The number of nitrogens with one attached hydrogen (secondary N) is 3. The average Bonchev–Trinajstić information content (AvgIpc) is 2.61. The van der Waals surface area contributed by atoms with E-state index in [0.29, 0.717) is 13.2 Å². The van der Waals surface area contributed by atoms with Crippen LogP contribution in [-0.4, -0.2) is 51.2 Å². The van der Waals surface area contributed by atoms with Crippen LogP contribution in [0.3, 0.4) is 0 Å². The zero-order valence-corrected chi connectivity index (χ0v) is 15.2. The van der Waals surface area contributed by atoms with Gasteiger partial charge in [-0.05, 0) is 45.7 Å². The Hall–Kier alpha value is -1.14. The molecule has 1 saturated carbocycles. The molecule has 0 bridgehead atoms. The van der Waals surface area contributed by atoms with E-state index in [1.54, 1.807) is 14.0 Å². The molecular weight excluding hydrogens is 306 g/mol. The molecule has 1 atom stereocenters. The molecule has 2 aliphatic rings. The normalized spacial score (nSPS) is 22.6. The highest BCUT2D eigenvalue weighted by molar-refractivity contribution is 5.88. The van der Waals surface area contributed by atoms with Crippen molar-refractivity contribution < 1.29 is 14.3 Å². The maximum absolute atomic E-state index is 12.4. The van der Waals surface area contributed by atoms with Crippen molar-refractivity contribution in [1.29, 1.82) is 0 Å². The van der Waals surface area contributed by atoms with Crippen molar-refractivity contribution in [1.82, 2.24) is 16.0 Å². The van der Waals surface area contributed by atoms with E-state index < -0.39 is 6.04 Å². The molecule has 138 valence electrons. The lowest BCUT2D eigenvalue weighted by Crippen LogP contribution is -2.52. The summed E-state index contributed by atoms with van der Waals surface area (Å²) in [5.41, 5.74) is 0.00274. The number of amides is 2. The molecule has 0 aromatic rings. The van der Waals surface area contributed by atoms with Crippen LogP contribution in [0.2, 0.25) is 0 Å². The Kier molecular flexibility index (Phi) is 7.49. The maximum Gasteiger partial charge on any atom is 0.242 e. The largest absolute Gasteiger partial charge is 0.384 e. The van der Waals surface area contributed by atoms with E-state index in [9.17, 15) is 9.59 Å². The number of hydrogen-bond acceptors (Lipinski definition) is 4. The predicted molar refractivity (Wildman–Crippen MR) is 93.6 cm³/mol. The number of rotatable bonds is 7. The third kappa shape index (κ3) is 5.45. The molecule has 0 aromatic carbocycles. The summed E-state index contributed by atoms with van der Waals surface area (Å²) in [7, 11) is 1.71. The smallest absolute Gasteiger partial charge is 0.242 e. The summed E-state index contributed by atoms with van der Waals surface area (Å²) in [5.74, 6) is 0.0113. The van der Waals surface area contributed by atoms with Crippen LogP contribution in [0, 0.1) is 11.3 Å². The summed E-state index contributed by atoms with van der Waals surface area (Å²) >= 11 is 0. The highest BCUT2D eigenvalue weighted by Gasteiger charge is 2.33. The first-order valence-corrected chi connectivity index (χ1v) is 9.34. The van der Waals surface area contributed by atoms with Crippen molar-refractivity contribution in [2.45, 2.75) is 57.9 Å². The molecule has 6 nitrogen and oxygen atoms in total. The second-order valence-electron chi connectivity index (χ2n) is 7.47. The van der Waals surface area contributed by atoms with E-state index in [4.69, 9.17) is 4.74 Å². The van der Waals surface area contributed by atoms with E-state index >= 15 is 0 Å². The van der Waals surface area contributed by atoms with Gasteiger partial charge in [0, 0.05) is 25.0 Å². The Labute approximate surface area is 145 Å². The molecule has 3 N–H and O–H groups in total. The summed E-state index contributed by atoms with van der Waals surface area (Å²) in [5, 5.41) is 9.26. The van der Waals surface area contributed by atoms with Gasteiger partial charge in [-0.25, -0.2) is 0 Å². The highest BCUT2D eigenvalue weighted by Crippen LogP contribution is 2.28. The van der Waals surface area contributed by atoms with Crippen LogP contribution in [0.15, 0.2) is 0 Å². The van der Waals surface area contributed by atoms with Gasteiger partial charge in [-0.3, -0.25) is 9.59 Å². The van der Waals surface area contributed by atoms with Gasteiger partial charge in [0.2, 0.25) is 11.8 Å². The van der Waals surface area contributed by atoms with Crippen LogP contribution in [0.1, 0.15) is 51.9 Å². The second kappa shape index (κ2) is 9.37. The molecule has 1 heterocycles. The fourth-order valence-electron chi connectivity index (χ4n) is 3.82. The molecule has 0 radical (unpaired) electrons. The van der Waals surface area contributed by atoms with Gasteiger partial charge in [0.15, 0.2) is 0 Å². The molecule has 1 aliphatic heterocycles. The van der Waals surface area contributed by atoms with Crippen molar-refractivity contribution >= 4 is 11.8 Å². The molecule has 2 rings (SSSR count). The lowest BCUT2D eigenvalue weighted by Gasteiger charge is -2.37. The molecule has 24 heavy (non-hydrogen) atoms. The van der Waals surface area contributed by atoms with Gasteiger partial charge < -0.3 is 20.7 Å². The van der Waals surface area contributed by atoms with Crippen molar-refractivity contribution in [3.63, 3.8) is 0 Å². The number of piperidine rings is 1. The van der Waals surface area contributed by atoms with Gasteiger partial charge in [0.1, 0.15) is 6.04 Å². The predicted octanol–water partition coefficient (Wildman–Crippen LogP) is 1.20. The van der Waals surface area contributed by atoms with Crippen LogP contribution in [0.5, 0.6) is 0 Å². The maximum atomic E-state index is 12.4. The average molecular weight is 339 g/mol. The first-order chi connectivity index (χ1) is 11.6. The van der Waals surface area contributed by atoms with Crippen LogP contribution >= 0.6 is 0 Å². The Morgan fingerprint density at radius 1 is 1.21 bits per heavy atom. The topological polar surface area (TPSA) is 79.5 Å². The second-order valence-corrected chi connectivity index (χ2v) is 7.47. The Balaban J connectivity index is 1.78. The van der Waals surface area contributed by atoms with Gasteiger partial charge in [-0.1, -0.05) is 19.3 Å². The Bertz CT molecular complexity index is 410. The lowest BCUT2D eigenvalue weighted by molar-refractivity contribution is -0.131. The van der Waals surface area contributed by atoms with Gasteiger partial charge in [0.25, 0.3) is 0 Å². The molecular formula is C18H33N3O3. The first kappa shape index (κ1) is 19.2. The fraction of sp³-hybridized carbons (Fsp3) is 0.889. The van der Waals surface area contributed by atoms with E-state index in [0.717, 1.165) is 51.6 Å². The van der Waals surface area contributed by atoms with Crippen LogP contribution < -0.4 is 16.0 Å². The SMILES string of the molecule is COCC1(CNC(=O)[C@H](C)NC(=O)C2CCCCC2)CCNCC1. The quantitative estimate of drug-likeness (QED) is 0.651. The molecule has 1 saturated heterocycles. The minimum Gasteiger partial charge on any atom is -0.384 e. The molecule has 2 amide bonds.